The number of methoxy groups -OCH3 is 2. The summed E-state index contributed by atoms with van der Waals surface area (Å²) in [5.74, 6) is 2.44. The van der Waals surface area contributed by atoms with Crippen molar-refractivity contribution in [3.63, 3.8) is 0 Å². The van der Waals surface area contributed by atoms with Gasteiger partial charge in [0.05, 0.1) is 14.2 Å². The highest BCUT2D eigenvalue weighted by Gasteiger charge is 2.13. The molecular formula is C22H20Cl2O2. The Hall–Kier alpha value is -2.16. The van der Waals surface area contributed by atoms with Crippen molar-refractivity contribution in [3.05, 3.63) is 71.8 Å². The van der Waals surface area contributed by atoms with Crippen molar-refractivity contribution in [2.45, 2.75) is 11.8 Å². The fourth-order valence-corrected chi connectivity index (χ4v) is 3.47. The van der Waals surface area contributed by atoms with E-state index in [0.717, 1.165) is 44.9 Å². The Morgan fingerprint density at radius 3 is 1.42 bits per heavy atom. The molecule has 0 spiro atoms. The molecule has 0 saturated heterocycles. The van der Waals surface area contributed by atoms with E-state index in [1.54, 1.807) is 14.2 Å². The van der Waals surface area contributed by atoms with Crippen LogP contribution in [0.5, 0.6) is 11.5 Å². The highest BCUT2D eigenvalue weighted by molar-refractivity contribution is 6.18. The van der Waals surface area contributed by atoms with Crippen LogP contribution in [0.2, 0.25) is 0 Å². The normalized spacial score (nSPS) is 10.6. The molecule has 0 saturated carbocycles. The van der Waals surface area contributed by atoms with Crippen LogP contribution in [0.25, 0.3) is 22.3 Å². The Balaban J connectivity index is 2.17. The molecule has 0 bridgehead atoms. The lowest BCUT2D eigenvalue weighted by Gasteiger charge is -2.16. The van der Waals surface area contributed by atoms with E-state index in [-0.39, 0.29) is 0 Å². The van der Waals surface area contributed by atoms with Crippen molar-refractivity contribution in [3.8, 4) is 33.8 Å². The van der Waals surface area contributed by atoms with Crippen molar-refractivity contribution in [2.24, 2.45) is 0 Å². The second kappa shape index (κ2) is 8.48. The van der Waals surface area contributed by atoms with Crippen molar-refractivity contribution in [1.82, 2.24) is 0 Å². The first-order valence-corrected chi connectivity index (χ1v) is 9.33. The third kappa shape index (κ3) is 3.82. The molecule has 4 heteroatoms. The Morgan fingerprint density at radius 1 is 0.654 bits per heavy atom. The van der Waals surface area contributed by atoms with E-state index in [0.29, 0.717) is 11.8 Å². The lowest BCUT2D eigenvalue weighted by molar-refractivity contribution is 0.415. The molecule has 3 aromatic carbocycles. The number of hydrogen-bond donors (Lipinski definition) is 0. The van der Waals surface area contributed by atoms with Gasteiger partial charge in [-0.15, -0.1) is 23.2 Å². The molecule has 0 aliphatic carbocycles. The zero-order valence-corrected chi connectivity index (χ0v) is 16.3. The first-order valence-electron chi connectivity index (χ1n) is 8.26. The van der Waals surface area contributed by atoms with E-state index >= 15 is 0 Å². The average Bonchev–Trinajstić information content (AvgIpc) is 2.72. The van der Waals surface area contributed by atoms with Crippen molar-refractivity contribution in [2.75, 3.05) is 14.2 Å². The molecule has 134 valence electrons. The molecule has 0 aliphatic heterocycles. The number of halogens is 2. The fraction of sp³-hybridized carbons (Fsp3) is 0.182. The molecule has 0 aliphatic rings. The molecule has 0 N–H and O–H groups in total. The number of rotatable bonds is 6. The number of alkyl halides is 2. The van der Waals surface area contributed by atoms with Gasteiger partial charge in [0.1, 0.15) is 11.5 Å². The Kier molecular flexibility index (Phi) is 6.08. The summed E-state index contributed by atoms with van der Waals surface area (Å²) in [5, 5.41) is 0. The summed E-state index contributed by atoms with van der Waals surface area (Å²) in [4.78, 5) is 0. The van der Waals surface area contributed by atoms with E-state index < -0.39 is 0 Å². The molecule has 0 heterocycles. The van der Waals surface area contributed by atoms with Gasteiger partial charge >= 0.3 is 0 Å². The lowest BCUT2D eigenvalue weighted by Crippen LogP contribution is -1.95. The van der Waals surface area contributed by atoms with Gasteiger partial charge in [-0.1, -0.05) is 24.3 Å². The van der Waals surface area contributed by atoms with Crippen LogP contribution >= 0.6 is 23.2 Å². The number of ether oxygens (including phenoxy) is 2. The Bertz CT molecular complexity index is 831. The van der Waals surface area contributed by atoms with Gasteiger partial charge in [-0.05, 0) is 69.8 Å². The predicted molar refractivity (Wildman–Crippen MR) is 110 cm³/mol. The molecule has 0 fully saturated rings. The quantitative estimate of drug-likeness (QED) is 0.449. The minimum Gasteiger partial charge on any atom is -0.497 e. The first-order chi connectivity index (χ1) is 12.7. The molecule has 0 aromatic heterocycles. The molecule has 0 atom stereocenters. The SMILES string of the molecule is COc1cccc(-c2cc(CCl)c(-c3cccc(OC)c3)cc2CCl)c1. The largest absolute Gasteiger partial charge is 0.497 e. The average molecular weight is 387 g/mol. The lowest BCUT2D eigenvalue weighted by atomic mass is 9.91. The maximum atomic E-state index is 6.28. The van der Waals surface area contributed by atoms with Crippen LogP contribution in [-0.2, 0) is 11.8 Å². The minimum atomic E-state index is 0.409. The van der Waals surface area contributed by atoms with E-state index in [1.807, 2.05) is 36.4 Å². The molecule has 0 radical (unpaired) electrons. The van der Waals surface area contributed by atoms with Crippen LogP contribution in [0.4, 0.5) is 0 Å². The molecule has 0 unspecified atom stereocenters. The first kappa shape index (κ1) is 18.6. The van der Waals surface area contributed by atoms with E-state index in [9.17, 15) is 0 Å². The molecule has 3 rings (SSSR count). The van der Waals surface area contributed by atoms with Gasteiger partial charge < -0.3 is 9.47 Å². The van der Waals surface area contributed by atoms with Crippen LogP contribution in [0, 0.1) is 0 Å². The highest BCUT2D eigenvalue weighted by atomic mass is 35.5. The molecule has 0 amide bonds. The van der Waals surface area contributed by atoms with Crippen LogP contribution in [0.15, 0.2) is 60.7 Å². The summed E-state index contributed by atoms with van der Waals surface area (Å²) in [6.07, 6.45) is 0. The van der Waals surface area contributed by atoms with Crippen molar-refractivity contribution >= 4 is 23.2 Å². The Labute approximate surface area is 164 Å². The van der Waals surface area contributed by atoms with Crippen molar-refractivity contribution in [1.29, 1.82) is 0 Å². The predicted octanol–water partition coefficient (Wildman–Crippen LogP) is 6.52. The smallest absolute Gasteiger partial charge is 0.119 e. The van der Waals surface area contributed by atoms with Crippen molar-refractivity contribution < 1.29 is 9.47 Å². The van der Waals surface area contributed by atoms with E-state index in [1.165, 1.54) is 0 Å². The summed E-state index contributed by atoms with van der Waals surface area (Å²) >= 11 is 12.6. The van der Waals surface area contributed by atoms with Crippen LogP contribution < -0.4 is 9.47 Å². The standard InChI is InChI=1S/C22H20Cl2O2/c1-25-19-7-3-5-15(9-19)21-11-18(14-24)22(12-17(21)13-23)16-6-4-8-20(10-16)26-2/h3-12H,13-14H2,1-2H3. The summed E-state index contributed by atoms with van der Waals surface area (Å²) in [7, 11) is 3.33. The third-order valence-electron chi connectivity index (χ3n) is 4.38. The molecular weight excluding hydrogens is 367 g/mol. The van der Waals surface area contributed by atoms with E-state index in [2.05, 4.69) is 24.3 Å². The molecule has 3 aromatic rings. The van der Waals surface area contributed by atoms with Crippen LogP contribution in [-0.4, -0.2) is 14.2 Å². The molecule has 26 heavy (non-hydrogen) atoms. The maximum absolute atomic E-state index is 6.28. The van der Waals surface area contributed by atoms with Gasteiger partial charge in [0.25, 0.3) is 0 Å². The second-order valence-corrected chi connectivity index (χ2v) is 6.43. The third-order valence-corrected chi connectivity index (χ3v) is 4.95. The number of hydrogen-bond acceptors (Lipinski definition) is 2. The monoisotopic (exact) mass is 386 g/mol. The van der Waals surface area contributed by atoms with Gasteiger partial charge in [-0.2, -0.15) is 0 Å². The van der Waals surface area contributed by atoms with E-state index in [4.69, 9.17) is 32.7 Å². The van der Waals surface area contributed by atoms with Crippen LogP contribution in [0.1, 0.15) is 11.1 Å². The van der Waals surface area contributed by atoms with Gasteiger partial charge in [0.15, 0.2) is 0 Å². The van der Waals surface area contributed by atoms with Crippen LogP contribution in [0.3, 0.4) is 0 Å². The molecule has 2 nitrogen and oxygen atoms in total. The summed E-state index contributed by atoms with van der Waals surface area (Å²) in [6, 6.07) is 20.2. The van der Waals surface area contributed by atoms with Gasteiger partial charge in [-0.25, -0.2) is 0 Å². The van der Waals surface area contributed by atoms with Gasteiger partial charge in [0.2, 0.25) is 0 Å². The summed E-state index contributed by atoms with van der Waals surface area (Å²) in [6.45, 7) is 0. The minimum absolute atomic E-state index is 0.409. The summed E-state index contributed by atoms with van der Waals surface area (Å²) < 4.78 is 10.7. The number of benzene rings is 3. The highest BCUT2D eigenvalue weighted by Crippen LogP contribution is 2.36. The zero-order chi connectivity index (χ0) is 18.5. The zero-order valence-electron chi connectivity index (χ0n) is 14.8. The topological polar surface area (TPSA) is 18.5 Å². The summed E-state index contributed by atoms with van der Waals surface area (Å²) in [5.41, 5.74) is 6.35. The van der Waals surface area contributed by atoms with Gasteiger partial charge in [0, 0.05) is 11.8 Å². The Morgan fingerprint density at radius 2 is 1.08 bits per heavy atom. The fourth-order valence-electron chi connectivity index (χ4n) is 3.03. The second-order valence-electron chi connectivity index (χ2n) is 5.90. The maximum Gasteiger partial charge on any atom is 0.119 e. The van der Waals surface area contributed by atoms with Gasteiger partial charge in [-0.3, -0.25) is 0 Å².